The SMILES string of the molecule is CNC(=O)c1ccc(OC)c(NCC#Cc2nc3c(NC45CCN(C)CC4C5)nccn3c2SC(F)(F)F)c1. The van der Waals surface area contributed by atoms with Crippen molar-refractivity contribution >= 4 is 34.8 Å². The number of thioether (sulfide) groups is 1. The predicted octanol–water partition coefficient (Wildman–Crippen LogP) is 3.68. The Morgan fingerprint density at radius 2 is 2.18 bits per heavy atom. The van der Waals surface area contributed by atoms with Crippen LogP contribution in [0.1, 0.15) is 28.9 Å². The van der Waals surface area contributed by atoms with Gasteiger partial charge in [0.05, 0.1) is 19.3 Å². The topological polar surface area (TPSA) is 95.8 Å². The number of amides is 1. The number of benzene rings is 1. The number of aromatic nitrogens is 3. The molecule has 2 aliphatic rings. The first-order chi connectivity index (χ1) is 18.6. The molecule has 9 nitrogen and oxygen atoms in total. The van der Waals surface area contributed by atoms with Crippen LogP contribution in [0.3, 0.4) is 0 Å². The van der Waals surface area contributed by atoms with Crippen molar-refractivity contribution in [1.82, 2.24) is 24.6 Å². The van der Waals surface area contributed by atoms with Crippen LogP contribution in [-0.4, -0.2) is 77.1 Å². The molecule has 3 aromatic rings. The van der Waals surface area contributed by atoms with Crippen molar-refractivity contribution in [2.45, 2.75) is 28.9 Å². The highest BCUT2D eigenvalue weighted by Crippen LogP contribution is 2.51. The number of hydrogen-bond acceptors (Lipinski definition) is 8. The minimum absolute atomic E-state index is 0.00877. The summed E-state index contributed by atoms with van der Waals surface area (Å²) in [7, 11) is 5.12. The van der Waals surface area contributed by atoms with Crippen LogP contribution in [0.2, 0.25) is 0 Å². The van der Waals surface area contributed by atoms with Gasteiger partial charge in [0.1, 0.15) is 16.5 Å². The number of ether oxygens (including phenoxy) is 1. The van der Waals surface area contributed by atoms with Crippen LogP contribution < -0.4 is 20.7 Å². The summed E-state index contributed by atoms with van der Waals surface area (Å²) in [6, 6.07) is 4.89. The Kier molecular flexibility index (Phi) is 7.26. The molecule has 2 aromatic heterocycles. The number of nitrogens with zero attached hydrogens (tertiary/aromatic N) is 4. The molecule has 13 heteroatoms. The molecule has 2 unspecified atom stereocenters. The zero-order valence-corrected chi connectivity index (χ0v) is 22.5. The summed E-state index contributed by atoms with van der Waals surface area (Å²) in [6.45, 7) is 2.00. The molecule has 2 fully saturated rings. The summed E-state index contributed by atoms with van der Waals surface area (Å²) in [6.07, 6.45) is 4.88. The lowest BCUT2D eigenvalue weighted by atomic mass is 10.1. The molecule has 2 atom stereocenters. The van der Waals surface area contributed by atoms with Crippen molar-refractivity contribution in [3.63, 3.8) is 0 Å². The molecule has 1 aromatic carbocycles. The van der Waals surface area contributed by atoms with Crippen molar-refractivity contribution in [3.8, 4) is 17.6 Å². The molecule has 1 amide bonds. The number of carbonyl (C=O) groups excluding carboxylic acids is 1. The number of piperidine rings is 1. The number of carbonyl (C=O) groups is 1. The van der Waals surface area contributed by atoms with Gasteiger partial charge in [-0.1, -0.05) is 5.92 Å². The van der Waals surface area contributed by atoms with Crippen LogP contribution in [0.5, 0.6) is 5.75 Å². The number of nitrogens with one attached hydrogen (secondary N) is 3. The normalized spacial score (nSPS) is 20.5. The second-order valence-corrected chi connectivity index (χ2v) is 10.7. The molecule has 1 aliphatic carbocycles. The van der Waals surface area contributed by atoms with Crippen LogP contribution in [0, 0.1) is 17.8 Å². The number of halogens is 3. The number of anilines is 2. The van der Waals surface area contributed by atoms with Gasteiger partial charge in [0.15, 0.2) is 11.5 Å². The fourth-order valence-electron chi connectivity index (χ4n) is 4.97. The van der Waals surface area contributed by atoms with Crippen molar-refractivity contribution in [3.05, 3.63) is 41.9 Å². The third-order valence-electron chi connectivity index (χ3n) is 7.04. The summed E-state index contributed by atoms with van der Waals surface area (Å²) < 4.78 is 47.3. The fourth-order valence-corrected chi connectivity index (χ4v) is 5.63. The molecule has 1 saturated heterocycles. The van der Waals surface area contributed by atoms with E-state index < -0.39 is 5.51 Å². The van der Waals surface area contributed by atoms with E-state index in [0.717, 1.165) is 25.9 Å². The van der Waals surface area contributed by atoms with Gasteiger partial charge in [0, 0.05) is 55.4 Å². The van der Waals surface area contributed by atoms with E-state index in [2.05, 4.69) is 49.7 Å². The standard InChI is InChI=1S/C26H28F3N7O2S/c1-30-23(37)16-6-7-20(38-3)19(13-16)31-9-4-5-18-24(39-26(27,28)29)36-12-10-32-21(22(36)33-18)34-25-8-11-35(2)15-17(25)14-25/h6-7,10,12-13,17,31H,8-9,11,14-15H2,1-3H3,(H,30,37)(H,32,34). The number of rotatable bonds is 7. The van der Waals surface area contributed by atoms with Gasteiger partial charge in [0.2, 0.25) is 0 Å². The zero-order valence-electron chi connectivity index (χ0n) is 21.6. The molecular weight excluding hydrogens is 531 g/mol. The predicted molar refractivity (Wildman–Crippen MR) is 143 cm³/mol. The van der Waals surface area contributed by atoms with Gasteiger partial charge in [-0.2, -0.15) is 13.2 Å². The van der Waals surface area contributed by atoms with E-state index >= 15 is 0 Å². The number of likely N-dealkylation sites (tertiary alicyclic amines) is 1. The lowest BCUT2D eigenvalue weighted by Gasteiger charge is -2.29. The van der Waals surface area contributed by atoms with Gasteiger partial charge in [-0.3, -0.25) is 9.20 Å². The van der Waals surface area contributed by atoms with Gasteiger partial charge in [-0.25, -0.2) is 9.97 Å². The molecule has 1 saturated carbocycles. The number of methoxy groups -OCH3 is 1. The maximum atomic E-state index is 13.5. The second kappa shape index (κ2) is 10.5. The molecule has 206 valence electrons. The van der Waals surface area contributed by atoms with Crippen LogP contribution >= 0.6 is 11.8 Å². The summed E-state index contributed by atoms with van der Waals surface area (Å²) in [5.41, 5.74) is -3.35. The van der Waals surface area contributed by atoms with Gasteiger partial charge in [-0.15, -0.1) is 0 Å². The van der Waals surface area contributed by atoms with E-state index in [1.54, 1.807) is 18.2 Å². The molecular formula is C26H28F3N7O2S. The van der Waals surface area contributed by atoms with Crippen molar-refractivity contribution in [2.24, 2.45) is 5.92 Å². The first kappa shape index (κ1) is 27.0. The lowest BCUT2D eigenvalue weighted by Crippen LogP contribution is -2.39. The molecule has 0 bridgehead atoms. The quantitative estimate of drug-likeness (QED) is 0.298. The highest BCUT2D eigenvalue weighted by atomic mass is 32.2. The average Bonchev–Trinajstić information content (AvgIpc) is 3.50. The van der Waals surface area contributed by atoms with E-state index in [0.29, 0.717) is 34.4 Å². The van der Waals surface area contributed by atoms with E-state index in [9.17, 15) is 18.0 Å². The average molecular weight is 560 g/mol. The summed E-state index contributed by atoms with van der Waals surface area (Å²) in [5.74, 6) is 6.81. The van der Waals surface area contributed by atoms with Crippen LogP contribution in [0.4, 0.5) is 24.7 Å². The van der Waals surface area contributed by atoms with Gasteiger partial charge >= 0.3 is 5.51 Å². The Hall–Kier alpha value is -3.63. The van der Waals surface area contributed by atoms with E-state index in [-0.39, 0.29) is 40.5 Å². The van der Waals surface area contributed by atoms with Crippen molar-refractivity contribution in [1.29, 1.82) is 0 Å². The Balaban J connectivity index is 1.41. The fraction of sp³-hybridized carbons (Fsp3) is 0.423. The first-order valence-electron chi connectivity index (χ1n) is 12.3. The molecule has 1 aliphatic heterocycles. The van der Waals surface area contributed by atoms with E-state index in [1.165, 1.54) is 31.0 Å². The smallest absolute Gasteiger partial charge is 0.447 e. The monoisotopic (exact) mass is 559 g/mol. The van der Waals surface area contributed by atoms with Gasteiger partial charge in [-0.05, 0) is 49.9 Å². The number of imidazole rings is 1. The Morgan fingerprint density at radius 3 is 2.90 bits per heavy atom. The minimum Gasteiger partial charge on any atom is -0.495 e. The molecule has 0 radical (unpaired) electrons. The number of hydrogen-bond donors (Lipinski definition) is 3. The summed E-state index contributed by atoms with van der Waals surface area (Å²) in [4.78, 5) is 23.2. The second-order valence-electron chi connectivity index (χ2n) is 9.63. The lowest BCUT2D eigenvalue weighted by molar-refractivity contribution is -0.0330. The highest BCUT2D eigenvalue weighted by molar-refractivity contribution is 8.00. The number of fused-ring (bicyclic) bond motifs is 2. The maximum Gasteiger partial charge on any atom is 0.447 e. The third kappa shape index (κ3) is 5.72. The molecule has 3 N–H and O–H groups in total. The minimum atomic E-state index is -4.52. The third-order valence-corrected chi connectivity index (χ3v) is 7.86. The molecule has 0 spiro atoms. The largest absolute Gasteiger partial charge is 0.495 e. The molecule has 3 heterocycles. The van der Waals surface area contributed by atoms with Crippen LogP contribution in [-0.2, 0) is 0 Å². The maximum absolute atomic E-state index is 13.5. The van der Waals surface area contributed by atoms with Crippen LogP contribution in [0.15, 0.2) is 35.6 Å². The molecule has 39 heavy (non-hydrogen) atoms. The van der Waals surface area contributed by atoms with E-state index in [1.807, 2.05) is 0 Å². The Labute approximate surface area is 227 Å². The van der Waals surface area contributed by atoms with Gasteiger partial charge in [0.25, 0.3) is 5.91 Å². The Morgan fingerprint density at radius 1 is 1.36 bits per heavy atom. The Bertz CT molecular complexity index is 1470. The zero-order chi connectivity index (χ0) is 27.8. The number of alkyl halides is 3. The highest BCUT2D eigenvalue weighted by Gasteiger charge is 2.56. The van der Waals surface area contributed by atoms with Gasteiger partial charge < -0.3 is 25.6 Å². The van der Waals surface area contributed by atoms with Crippen molar-refractivity contribution < 1.29 is 22.7 Å². The first-order valence-corrected chi connectivity index (χ1v) is 13.2. The summed E-state index contributed by atoms with van der Waals surface area (Å²) >= 11 is -0.253. The van der Waals surface area contributed by atoms with Crippen LogP contribution in [0.25, 0.3) is 5.65 Å². The van der Waals surface area contributed by atoms with E-state index in [4.69, 9.17) is 4.74 Å². The van der Waals surface area contributed by atoms with Crippen molar-refractivity contribution in [2.75, 3.05) is 51.5 Å². The molecule has 5 rings (SSSR count). The summed E-state index contributed by atoms with van der Waals surface area (Å²) in [5, 5.41) is 9.00.